The molecule has 1 unspecified atom stereocenters. The lowest BCUT2D eigenvalue weighted by Gasteiger charge is -2.12. The van der Waals surface area contributed by atoms with Crippen LogP contribution in [0.5, 0.6) is 0 Å². The lowest BCUT2D eigenvalue weighted by atomic mass is 9.91. The summed E-state index contributed by atoms with van der Waals surface area (Å²) in [5.41, 5.74) is 3.68. The van der Waals surface area contributed by atoms with Gasteiger partial charge in [-0.25, -0.2) is 4.39 Å². The highest BCUT2D eigenvalue weighted by atomic mass is 19.1. The fourth-order valence-electron chi connectivity index (χ4n) is 3.65. The zero-order chi connectivity index (χ0) is 24.5. The lowest BCUT2D eigenvalue weighted by Crippen LogP contribution is -2.20. The van der Waals surface area contributed by atoms with E-state index in [0.29, 0.717) is 17.5 Å². The van der Waals surface area contributed by atoms with Crippen molar-refractivity contribution in [3.05, 3.63) is 89.7 Å². The molecular weight excluding hydrogens is 433 g/mol. The molecule has 0 bridgehead atoms. The number of halogens is 1. The predicted molar refractivity (Wildman–Crippen MR) is 130 cm³/mol. The van der Waals surface area contributed by atoms with Gasteiger partial charge in [0.15, 0.2) is 5.78 Å². The second kappa shape index (κ2) is 11.9. The molecule has 6 heteroatoms. The van der Waals surface area contributed by atoms with Crippen LogP contribution in [-0.4, -0.2) is 22.8 Å². The van der Waals surface area contributed by atoms with Crippen LogP contribution in [0.3, 0.4) is 0 Å². The first-order valence-corrected chi connectivity index (χ1v) is 11.4. The molecule has 5 nitrogen and oxygen atoms in total. The normalized spacial score (nSPS) is 11.6. The zero-order valence-electron chi connectivity index (χ0n) is 19.1. The molecule has 0 fully saturated rings. The number of unbranched alkanes of at least 4 members (excludes halogenated alkanes) is 1. The third kappa shape index (κ3) is 7.10. The Kier molecular flexibility index (Phi) is 8.68. The van der Waals surface area contributed by atoms with Gasteiger partial charge in [0, 0.05) is 24.1 Å². The Hall–Kier alpha value is -3.80. The van der Waals surface area contributed by atoms with Crippen LogP contribution in [0, 0.1) is 11.7 Å². The van der Waals surface area contributed by atoms with Crippen molar-refractivity contribution in [2.24, 2.45) is 5.92 Å². The predicted octanol–water partition coefficient (Wildman–Crippen LogP) is 6.14. The smallest absolute Gasteiger partial charge is 0.307 e. The summed E-state index contributed by atoms with van der Waals surface area (Å²) in [6.45, 7) is 2.04. The van der Waals surface area contributed by atoms with Gasteiger partial charge in [-0.2, -0.15) is 0 Å². The maximum absolute atomic E-state index is 13.1. The van der Waals surface area contributed by atoms with Crippen LogP contribution in [0.4, 0.5) is 10.1 Å². The SMILES string of the molecule is CCCCC(=O)Nc1ccc(-c2ccc(C(=O)CC(Cc3ccc(F)cc3)C(=O)O)cc2)cc1. The second-order valence-corrected chi connectivity index (χ2v) is 8.30. The summed E-state index contributed by atoms with van der Waals surface area (Å²) in [6.07, 6.45) is 2.34. The highest BCUT2D eigenvalue weighted by molar-refractivity contribution is 5.98. The summed E-state index contributed by atoms with van der Waals surface area (Å²) in [6, 6.07) is 20.1. The van der Waals surface area contributed by atoms with E-state index in [-0.39, 0.29) is 24.5 Å². The first-order chi connectivity index (χ1) is 16.4. The van der Waals surface area contributed by atoms with Crippen LogP contribution in [-0.2, 0) is 16.0 Å². The van der Waals surface area contributed by atoms with Crippen molar-refractivity contribution in [2.45, 2.75) is 39.0 Å². The third-order valence-electron chi connectivity index (χ3n) is 5.64. The van der Waals surface area contributed by atoms with Crippen LogP contribution in [0.2, 0.25) is 0 Å². The minimum Gasteiger partial charge on any atom is -0.481 e. The molecule has 176 valence electrons. The van der Waals surface area contributed by atoms with E-state index in [2.05, 4.69) is 5.32 Å². The summed E-state index contributed by atoms with van der Waals surface area (Å²) in [5, 5.41) is 12.4. The molecule has 1 amide bonds. The standard InChI is InChI=1S/C28H28FNO4/c1-2-3-4-27(32)30-25-15-11-21(12-16-25)20-7-9-22(10-8-20)26(31)18-23(28(33)34)17-19-5-13-24(29)14-6-19/h5-16,23H,2-4,17-18H2,1H3,(H,30,32)(H,33,34). The Labute approximate surface area is 198 Å². The van der Waals surface area contributed by atoms with Gasteiger partial charge >= 0.3 is 5.97 Å². The van der Waals surface area contributed by atoms with Gasteiger partial charge in [0.1, 0.15) is 5.82 Å². The van der Waals surface area contributed by atoms with E-state index >= 15 is 0 Å². The van der Waals surface area contributed by atoms with E-state index < -0.39 is 17.7 Å². The monoisotopic (exact) mass is 461 g/mol. The first kappa shape index (κ1) is 24.8. The van der Waals surface area contributed by atoms with E-state index in [1.807, 2.05) is 43.3 Å². The fraction of sp³-hybridized carbons (Fsp3) is 0.250. The number of hydrogen-bond donors (Lipinski definition) is 2. The van der Waals surface area contributed by atoms with Gasteiger partial charge in [-0.05, 0) is 53.8 Å². The maximum Gasteiger partial charge on any atom is 0.307 e. The molecule has 0 saturated heterocycles. The van der Waals surface area contributed by atoms with Gasteiger partial charge in [0.25, 0.3) is 0 Å². The molecule has 0 aliphatic heterocycles. The molecule has 0 aliphatic rings. The number of carbonyl (C=O) groups is 3. The number of nitrogens with one attached hydrogen (secondary N) is 1. The average molecular weight is 462 g/mol. The zero-order valence-corrected chi connectivity index (χ0v) is 19.1. The minimum atomic E-state index is -1.06. The molecule has 0 aromatic heterocycles. The van der Waals surface area contributed by atoms with E-state index in [4.69, 9.17) is 0 Å². The quantitative estimate of drug-likeness (QED) is 0.336. The molecule has 0 spiro atoms. The molecule has 3 aromatic rings. The summed E-state index contributed by atoms with van der Waals surface area (Å²) in [4.78, 5) is 36.2. The third-order valence-corrected chi connectivity index (χ3v) is 5.64. The number of rotatable bonds is 11. The highest BCUT2D eigenvalue weighted by Crippen LogP contribution is 2.23. The number of carboxylic acid groups (broad SMARTS) is 1. The second-order valence-electron chi connectivity index (χ2n) is 8.30. The number of carbonyl (C=O) groups excluding carboxylic acids is 2. The molecular formula is C28H28FNO4. The van der Waals surface area contributed by atoms with Crippen LogP contribution in [0.1, 0.15) is 48.5 Å². The van der Waals surface area contributed by atoms with Gasteiger partial charge in [-0.15, -0.1) is 0 Å². The maximum atomic E-state index is 13.1. The van der Waals surface area contributed by atoms with E-state index in [9.17, 15) is 23.9 Å². The number of Topliss-reactive ketones (excluding diaryl/α,β-unsaturated/α-hetero) is 1. The molecule has 0 saturated carbocycles. The lowest BCUT2D eigenvalue weighted by molar-refractivity contribution is -0.141. The van der Waals surface area contributed by atoms with Crippen molar-refractivity contribution in [1.29, 1.82) is 0 Å². The van der Waals surface area contributed by atoms with Crippen LogP contribution >= 0.6 is 0 Å². The Balaban J connectivity index is 1.62. The van der Waals surface area contributed by atoms with Crippen molar-refractivity contribution in [2.75, 3.05) is 5.32 Å². The first-order valence-electron chi connectivity index (χ1n) is 11.4. The highest BCUT2D eigenvalue weighted by Gasteiger charge is 2.22. The van der Waals surface area contributed by atoms with Crippen LogP contribution in [0.25, 0.3) is 11.1 Å². The van der Waals surface area contributed by atoms with Gasteiger partial charge in [0.05, 0.1) is 5.92 Å². The molecule has 3 aromatic carbocycles. The number of amides is 1. The summed E-state index contributed by atoms with van der Waals surface area (Å²) < 4.78 is 13.1. The number of anilines is 1. The number of ketones is 1. The van der Waals surface area contributed by atoms with E-state index in [1.165, 1.54) is 24.3 Å². The van der Waals surface area contributed by atoms with Crippen LogP contribution < -0.4 is 5.32 Å². The minimum absolute atomic E-state index is 0.00319. The van der Waals surface area contributed by atoms with Gasteiger partial charge in [-0.1, -0.05) is 61.9 Å². The Bertz CT molecular complexity index is 1120. The Morgan fingerprint density at radius 3 is 2.03 bits per heavy atom. The molecule has 34 heavy (non-hydrogen) atoms. The van der Waals surface area contributed by atoms with Gasteiger partial charge in [-0.3, -0.25) is 14.4 Å². The largest absolute Gasteiger partial charge is 0.481 e. The molecule has 0 radical (unpaired) electrons. The van der Waals surface area contributed by atoms with Crippen molar-refractivity contribution in [1.82, 2.24) is 0 Å². The van der Waals surface area contributed by atoms with Gasteiger partial charge in [0.2, 0.25) is 5.91 Å². The summed E-state index contributed by atoms with van der Waals surface area (Å²) in [5.74, 6) is -2.60. The molecule has 1 atom stereocenters. The van der Waals surface area contributed by atoms with Crippen molar-refractivity contribution < 1.29 is 23.9 Å². The Morgan fingerprint density at radius 1 is 0.882 bits per heavy atom. The molecule has 3 rings (SSSR count). The molecule has 0 heterocycles. The average Bonchev–Trinajstić information content (AvgIpc) is 2.84. The summed E-state index contributed by atoms with van der Waals surface area (Å²) >= 11 is 0. The van der Waals surface area contributed by atoms with Crippen molar-refractivity contribution in [3.8, 4) is 11.1 Å². The number of benzene rings is 3. The number of carboxylic acids is 1. The molecule has 0 aliphatic carbocycles. The van der Waals surface area contributed by atoms with E-state index in [0.717, 1.165) is 29.7 Å². The van der Waals surface area contributed by atoms with Gasteiger partial charge < -0.3 is 10.4 Å². The van der Waals surface area contributed by atoms with Crippen LogP contribution in [0.15, 0.2) is 72.8 Å². The number of aliphatic carboxylic acids is 1. The Morgan fingerprint density at radius 2 is 1.47 bits per heavy atom. The fourth-order valence-corrected chi connectivity index (χ4v) is 3.65. The van der Waals surface area contributed by atoms with E-state index in [1.54, 1.807) is 12.1 Å². The topological polar surface area (TPSA) is 83.5 Å². The molecule has 2 N–H and O–H groups in total. The number of hydrogen-bond acceptors (Lipinski definition) is 3. The van der Waals surface area contributed by atoms with Crippen molar-refractivity contribution >= 4 is 23.3 Å². The van der Waals surface area contributed by atoms with Crippen molar-refractivity contribution in [3.63, 3.8) is 0 Å². The summed E-state index contributed by atoms with van der Waals surface area (Å²) in [7, 11) is 0.